The number of carbonyl (C=O) groups excluding carboxylic acids is 1. The Morgan fingerprint density at radius 3 is 2.81 bits per heavy atom. The van der Waals surface area contributed by atoms with Crippen molar-refractivity contribution in [3.8, 4) is 0 Å². The third-order valence-corrected chi connectivity index (χ3v) is 4.45. The van der Waals surface area contributed by atoms with Crippen molar-refractivity contribution < 1.29 is 14.6 Å². The number of piperidine rings is 1. The Bertz CT molecular complexity index is 323. The lowest BCUT2D eigenvalue weighted by molar-refractivity contribution is 0.0596. The van der Waals surface area contributed by atoms with Crippen molar-refractivity contribution in [3.05, 3.63) is 0 Å². The van der Waals surface area contributed by atoms with Crippen LogP contribution in [0.25, 0.3) is 0 Å². The fraction of sp³-hybridized carbons (Fsp3) is 0.933. The van der Waals surface area contributed by atoms with E-state index in [-0.39, 0.29) is 24.1 Å². The largest absolute Gasteiger partial charge is 0.394 e. The van der Waals surface area contributed by atoms with Gasteiger partial charge in [0.1, 0.15) is 0 Å². The van der Waals surface area contributed by atoms with Crippen LogP contribution in [0, 0.1) is 5.41 Å². The number of aliphatic hydroxyl groups is 1. The van der Waals surface area contributed by atoms with Gasteiger partial charge < -0.3 is 25.4 Å². The van der Waals surface area contributed by atoms with Crippen LogP contribution < -0.4 is 10.6 Å². The summed E-state index contributed by atoms with van der Waals surface area (Å²) in [5.74, 6) is 0. The number of nitrogens with one attached hydrogen (secondary N) is 2. The second kappa shape index (κ2) is 8.56. The molecule has 2 unspecified atom stereocenters. The molecule has 1 aliphatic heterocycles. The molecule has 6 nitrogen and oxygen atoms in total. The maximum Gasteiger partial charge on any atom is 0.315 e. The summed E-state index contributed by atoms with van der Waals surface area (Å²) in [4.78, 5) is 14.3. The number of methoxy groups -OCH3 is 1. The molecule has 1 fully saturated rings. The molecule has 0 aromatic rings. The summed E-state index contributed by atoms with van der Waals surface area (Å²) in [7, 11) is 3.72. The fourth-order valence-corrected chi connectivity index (χ4v) is 3.03. The molecule has 0 spiro atoms. The smallest absolute Gasteiger partial charge is 0.315 e. The summed E-state index contributed by atoms with van der Waals surface area (Å²) in [5, 5.41) is 15.0. The van der Waals surface area contributed by atoms with Crippen LogP contribution in [0.3, 0.4) is 0 Å². The van der Waals surface area contributed by atoms with E-state index >= 15 is 0 Å². The van der Waals surface area contributed by atoms with Crippen molar-refractivity contribution in [2.75, 3.05) is 40.5 Å². The molecule has 1 saturated heterocycles. The van der Waals surface area contributed by atoms with Gasteiger partial charge in [0, 0.05) is 26.3 Å². The monoisotopic (exact) mass is 301 g/mol. The van der Waals surface area contributed by atoms with Crippen LogP contribution in [0.4, 0.5) is 4.79 Å². The lowest BCUT2D eigenvalue weighted by atomic mass is 9.76. The first-order valence-corrected chi connectivity index (χ1v) is 7.75. The molecule has 2 amide bonds. The standard InChI is InChI=1S/C15H31N3O3/c1-15(2)7-5-8-18(3)13(15)10-16-14(20)17-12(11-19)6-9-21-4/h12-13,19H,5-11H2,1-4H3,(H2,16,17,20). The zero-order chi connectivity index (χ0) is 15.9. The van der Waals surface area contributed by atoms with Crippen molar-refractivity contribution >= 4 is 6.03 Å². The number of ether oxygens (including phenoxy) is 1. The molecule has 0 aromatic heterocycles. The molecule has 0 radical (unpaired) electrons. The number of likely N-dealkylation sites (N-methyl/N-ethyl adjacent to an activating group) is 1. The summed E-state index contributed by atoms with van der Waals surface area (Å²) in [6, 6.07) is -0.148. The molecule has 2 atom stereocenters. The fourth-order valence-electron chi connectivity index (χ4n) is 3.03. The number of hydrogen-bond acceptors (Lipinski definition) is 4. The molecule has 6 heteroatoms. The van der Waals surface area contributed by atoms with E-state index in [9.17, 15) is 9.90 Å². The first-order chi connectivity index (χ1) is 9.90. The van der Waals surface area contributed by atoms with Gasteiger partial charge in [-0.3, -0.25) is 0 Å². The zero-order valence-electron chi connectivity index (χ0n) is 13.8. The summed E-state index contributed by atoms with van der Waals surface area (Å²) < 4.78 is 4.96. The highest BCUT2D eigenvalue weighted by molar-refractivity contribution is 5.74. The van der Waals surface area contributed by atoms with Crippen molar-refractivity contribution in [3.63, 3.8) is 0 Å². The molecule has 1 heterocycles. The molecular weight excluding hydrogens is 270 g/mol. The summed E-state index contributed by atoms with van der Waals surface area (Å²) in [6.45, 7) is 6.64. The molecular formula is C15H31N3O3. The van der Waals surface area contributed by atoms with Crippen LogP contribution in [-0.4, -0.2) is 68.6 Å². The highest BCUT2D eigenvalue weighted by atomic mass is 16.5. The SMILES string of the molecule is COCCC(CO)NC(=O)NCC1N(C)CCCC1(C)C. The number of carbonyl (C=O) groups is 1. The molecule has 0 aromatic carbocycles. The predicted octanol–water partition coefficient (Wildman–Crippen LogP) is 0.803. The topological polar surface area (TPSA) is 73.8 Å². The quantitative estimate of drug-likeness (QED) is 0.650. The Labute approximate surface area is 128 Å². The molecule has 21 heavy (non-hydrogen) atoms. The van der Waals surface area contributed by atoms with Crippen LogP contribution in [0.5, 0.6) is 0 Å². The van der Waals surface area contributed by atoms with Gasteiger partial charge in [-0.1, -0.05) is 13.8 Å². The molecule has 1 rings (SSSR count). The molecule has 3 N–H and O–H groups in total. The van der Waals surface area contributed by atoms with Gasteiger partial charge in [0.25, 0.3) is 0 Å². The molecule has 124 valence electrons. The van der Waals surface area contributed by atoms with Gasteiger partial charge in [0.15, 0.2) is 0 Å². The van der Waals surface area contributed by atoms with Gasteiger partial charge in [-0.25, -0.2) is 4.79 Å². The average molecular weight is 301 g/mol. The van der Waals surface area contributed by atoms with Gasteiger partial charge in [0.2, 0.25) is 0 Å². The second-order valence-electron chi connectivity index (χ2n) is 6.60. The van der Waals surface area contributed by atoms with Crippen molar-refractivity contribution in [1.82, 2.24) is 15.5 Å². The van der Waals surface area contributed by atoms with Crippen LogP contribution in [0.15, 0.2) is 0 Å². The van der Waals surface area contributed by atoms with E-state index in [1.54, 1.807) is 7.11 Å². The van der Waals surface area contributed by atoms with Gasteiger partial charge in [0.05, 0.1) is 12.6 Å². The van der Waals surface area contributed by atoms with E-state index in [1.807, 2.05) is 0 Å². The Balaban J connectivity index is 2.40. The van der Waals surface area contributed by atoms with Crippen molar-refractivity contribution in [2.24, 2.45) is 5.41 Å². The van der Waals surface area contributed by atoms with E-state index in [0.717, 1.165) is 6.54 Å². The number of urea groups is 1. The third-order valence-electron chi connectivity index (χ3n) is 4.45. The molecule has 0 aliphatic carbocycles. The van der Waals surface area contributed by atoms with Gasteiger partial charge in [-0.15, -0.1) is 0 Å². The first kappa shape index (κ1) is 18.2. The van der Waals surface area contributed by atoms with E-state index in [2.05, 4.69) is 36.4 Å². The highest BCUT2D eigenvalue weighted by Crippen LogP contribution is 2.33. The number of likely N-dealkylation sites (tertiary alicyclic amines) is 1. The lowest BCUT2D eigenvalue weighted by Crippen LogP contribution is -2.55. The summed E-state index contributed by atoms with van der Waals surface area (Å²) in [6.07, 6.45) is 2.99. The van der Waals surface area contributed by atoms with E-state index in [1.165, 1.54) is 12.8 Å². The third kappa shape index (κ3) is 5.80. The Hall–Kier alpha value is -0.850. The number of hydrogen-bond donors (Lipinski definition) is 3. The predicted molar refractivity (Wildman–Crippen MR) is 83.3 cm³/mol. The summed E-state index contributed by atoms with van der Waals surface area (Å²) in [5.41, 5.74) is 0.201. The minimum Gasteiger partial charge on any atom is -0.394 e. The number of amides is 2. The normalized spacial score (nSPS) is 23.6. The van der Waals surface area contributed by atoms with Gasteiger partial charge in [-0.05, 0) is 38.3 Å². The van der Waals surface area contributed by atoms with Crippen LogP contribution in [0.1, 0.15) is 33.1 Å². The number of aliphatic hydroxyl groups excluding tert-OH is 1. The minimum absolute atomic E-state index is 0.0778. The minimum atomic E-state index is -0.262. The Kier molecular flexibility index (Phi) is 7.42. The second-order valence-corrected chi connectivity index (χ2v) is 6.60. The average Bonchev–Trinajstić information content (AvgIpc) is 2.42. The Morgan fingerprint density at radius 2 is 2.24 bits per heavy atom. The van der Waals surface area contributed by atoms with E-state index in [0.29, 0.717) is 25.6 Å². The summed E-state index contributed by atoms with van der Waals surface area (Å²) >= 11 is 0. The van der Waals surface area contributed by atoms with Crippen molar-refractivity contribution in [1.29, 1.82) is 0 Å². The van der Waals surface area contributed by atoms with E-state index in [4.69, 9.17) is 4.74 Å². The maximum atomic E-state index is 11.9. The first-order valence-electron chi connectivity index (χ1n) is 7.75. The van der Waals surface area contributed by atoms with Crippen LogP contribution in [0.2, 0.25) is 0 Å². The van der Waals surface area contributed by atoms with Gasteiger partial charge >= 0.3 is 6.03 Å². The van der Waals surface area contributed by atoms with Crippen LogP contribution in [-0.2, 0) is 4.74 Å². The molecule has 0 bridgehead atoms. The van der Waals surface area contributed by atoms with Gasteiger partial charge in [-0.2, -0.15) is 0 Å². The number of nitrogens with zero attached hydrogens (tertiary/aromatic N) is 1. The molecule has 0 saturated carbocycles. The zero-order valence-corrected chi connectivity index (χ0v) is 13.8. The highest BCUT2D eigenvalue weighted by Gasteiger charge is 2.35. The maximum absolute atomic E-state index is 11.9. The van der Waals surface area contributed by atoms with Crippen LogP contribution >= 0.6 is 0 Å². The number of rotatable bonds is 7. The van der Waals surface area contributed by atoms with Crippen molar-refractivity contribution in [2.45, 2.75) is 45.2 Å². The molecule has 1 aliphatic rings. The lowest BCUT2D eigenvalue weighted by Gasteiger charge is -2.45. The Morgan fingerprint density at radius 1 is 1.52 bits per heavy atom. The van der Waals surface area contributed by atoms with E-state index < -0.39 is 0 Å².